The molecule has 1 aliphatic rings. The topological polar surface area (TPSA) is 71.5 Å². The lowest BCUT2D eigenvalue weighted by atomic mass is 10.1. The first kappa shape index (κ1) is 18.5. The Kier molecular flexibility index (Phi) is 6.35. The van der Waals surface area contributed by atoms with Crippen molar-refractivity contribution in [3.8, 4) is 0 Å². The van der Waals surface area contributed by atoms with E-state index in [9.17, 15) is 9.59 Å². The highest BCUT2D eigenvalue weighted by atomic mass is 32.1. The molecule has 1 amide bonds. The van der Waals surface area contributed by atoms with Gasteiger partial charge in [0, 0.05) is 11.1 Å². The van der Waals surface area contributed by atoms with Crippen molar-refractivity contribution in [1.82, 2.24) is 9.88 Å². The summed E-state index contributed by atoms with van der Waals surface area (Å²) in [5.41, 5.74) is 1.76. The normalized spacial score (nSPS) is 14.8. The first-order valence-corrected chi connectivity index (χ1v) is 9.66. The van der Waals surface area contributed by atoms with Crippen LogP contribution in [0.5, 0.6) is 0 Å². The third-order valence-corrected chi connectivity index (χ3v) is 5.20. The molecular weight excluding hydrogens is 350 g/mol. The largest absolute Gasteiger partial charge is 0.465 e. The lowest BCUT2D eigenvalue weighted by Gasteiger charge is -2.25. The molecule has 2 aromatic rings. The number of aromatic nitrogens is 1. The molecule has 2 heterocycles. The molecule has 0 atom stereocenters. The zero-order chi connectivity index (χ0) is 18.4. The maximum atomic E-state index is 12.3. The van der Waals surface area contributed by atoms with Crippen molar-refractivity contribution in [2.45, 2.75) is 32.2 Å². The van der Waals surface area contributed by atoms with Crippen LogP contribution in [0.15, 0.2) is 29.6 Å². The van der Waals surface area contributed by atoms with Gasteiger partial charge in [-0.15, -0.1) is 11.3 Å². The Morgan fingerprint density at radius 1 is 1.27 bits per heavy atom. The monoisotopic (exact) mass is 373 g/mol. The second-order valence-corrected chi connectivity index (χ2v) is 7.31. The van der Waals surface area contributed by atoms with Crippen molar-refractivity contribution in [3.05, 3.63) is 45.9 Å². The number of thiazole rings is 1. The molecule has 3 rings (SSSR count). The van der Waals surface area contributed by atoms with E-state index in [-0.39, 0.29) is 12.3 Å². The second kappa shape index (κ2) is 8.91. The van der Waals surface area contributed by atoms with Gasteiger partial charge < -0.3 is 10.1 Å². The predicted octanol–water partition coefficient (Wildman–Crippen LogP) is 3.10. The molecule has 1 aromatic carbocycles. The lowest BCUT2D eigenvalue weighted by Crippen LogP contribution is -2.29. The summed E-state index contributed by atoms with van der Waals surface area (Å²) in [7, 11) is 1.33. The summed E-state index contributed by atoms with van der Waals surface area (Å²) in [6.45, 7) is 3.13. The number of anilines is 1. The molecule has 1 aromatic heterocycles. The van der Waals surface area contributed by atoms with Crippen molar-refractivity contribution in [3.63, 3.8) is 0 Å². The summed E-state index contributed by atoms with van der Waals surface area (Å²) in [5.74, 6) is -0.579. The third kappa shape index (κ3) is 5.12. The molecule has 1 saturated heterocycles. The minimum absolute atomic E-state index is 0.151. The molecule has 0 saturated carbocycles. The molecule has 7 heteroatoms. The zero-order valence-corrected chi connectivity index (χ0v) is 15.7. The minimum Gasteiger partial charge on any atom is -0.465 e. The Labute approximate surface area is 157 Å². The van der Waals surface area contributed by atoms with Crippen molar-refractivity contribution in [1.29, 1.82) is 0 Å². The Morgan fingerprint density at radius 3 is 2.85 bits per heavy atom. The smallest absolute Gasteiger partial charge is 0.337 e. The number of piperidine rings is 1. The molecular formula is C19H23N3O3S. The number of likely N-dealkylation sites (tertiary alicyclic amines) is 1. The first-order chi connectivity index (χ1) is 12.6. The second-order valence-electron chi connectivity index (χ2n) is 6.37. The van der Waals surface area contributed by atoms with Crippen LogP contribution in [0.2, 0.25) is 0 Å². The van der Waals surface area contributed by atoms with Crippen LogP contribution in [0.1, 0.15) is 40.3 Å². The van der Waals surface area contributed by atoms with Gasteiger partial charge in [0.2, 0.25) is 5.91 Å². The maximum absolute atomic E-state index is 12.3. The average Bonchev–Trinajstić information content (AvgIpc) is 3.08. The summed E-state index contributed by atoms with van der Waals surface area (Å²) < 4.78 is 4.69. The molecule has 0 spiro atoms. The summed E-state index contributed by atoms with van der Waals surface area (Å²) in [4.78, 5) is 30.8. The van der Waals surface area contributed by atoms with E-state index in [4.69, 9.17) is 4.74 Å². The minimum atomic E-state index is -0.428. The van der Waals surface area contributed by atoms with Gasteiger partial charge in [-0.3, -0.25) is 9.69 Å². The van der Waals surface area contributed by atoms with Crippen LogP contribution in [0, 0.1) is 0 Å². The molecule has 1 aliphatic heterocycles. The fourth-order valence-electron chi connectivity index (χ4n) is 3.02. The van der Waals surface area contributed by atoms with Gasteiger partial charge in [0.15, 0.2) is 0 Å². The van der Waals surface area contributed by atoms with Crippen LogP contribution >= 0.6 is 11.3 Å². The standard InChI is InChI=1S/C19H23N3O3S/c1-25-19(24)14-6-5-7-15(10-14)20-17(23)11-16-13-26-18(21-16)12-22-8-3-2-4-9-22/h5-7,10,13H,2-4,8-9,11-12H2,1H3,(H,20,23). The van der Waals surface area contributed by atoms with E-state index in [0.29, 0.717) is 11.3 Å². The number of amides is 1. The zero-order valence-electron chi connectivity index (χ0n) is 14.9. The highest BCUT2D eigenvalue weighted by molar-refractivity contribution is 7.09. The Balaban J connectivity index is 1.54. The van der Waals surface area contributed by atoms with Gasteiger partial charge in [-0.1, -0.05) is 12.5 Å². The summed E-state index contributed by atoms with van der Waals surface area (Å²) in [6, 6.07) is 6.70. The molecule has 1 N–H and O–H groups in total. The Hall–Kier alpha value is -2.25. The number of hydrogen-bond acceptors (Lipinski definition) is 6. The van der Waals surface area contributed by atoms with Gasteiger partial charge in [0.1, 0.15) is 5.01 Å². The predicted molar refractivity (Wildman–Crippen MR) is 101 cm³/mol. The number of methoxy groups -OCH3 is 1. The average molecular weight is 373 g/mol. The van der Waals surface area contributed by atoms with Crippen molar-refractivity contribution >= 4 is 28.9 Å². The van der Waals surface area contributed by atoms with E-state index in [2.05, 4.69) is 15.2 Å². The number of carbonyl (C=O) groups excluding carboxylic acids is 2. The van der Waals surface area contributed by atoms with Crippen molar-refractivity contribution in [2.24, 2.45) is 0 Å². The van der Waals surface area contributed by atoms with E-state index in [0.717, 1.165) is 30.3 Å². The highest BCUT2D eigenvalue weighted by Crippen LogP contribution is 2.17. The molecule has 6 nitrogen and oxygen atoms in total. The fourth-order valence-corrected chi connectivity index (χ4v) is 3.86. The maximum Gasteiger partial charge on any atom is 0.337 e. The lowest BCUT2D eigenvalue weighted by molar-refractivity contribution is -0.115. The molecule has 138 valence electrons. The van der Waals surface area contributed by atoms with E-state index in [1.165, 1.54) is 26.4 Å². The molecule has 0 unspecified atom stereocenters. The van der Waals surface area contributed by atoms with Crippen LogP contribution < -0.4 is 5.32 Å². The summed E-state index contributed by atoms with van der Waals surface area (Å²) in [5, 5.41) is 5.81. The molecule has 0 radical (unpaired) electrons. The number of hydrogen-bond donors (Lipinski definition) is 1. The number of esters is 1. The first-order valence-electron chi connectivity index (χ1n) is 8.78. The van der Waals surface area contributed by atoms with E-state index >= 15 is 0 Å². The Morgan fingerprint density at radius 2 is 2.08 bits per heavy atom. The van der Waals surface area contributed by atoms with Crippen LogP contribution in [-0.4, -0.2) is 42.0 Å². The van der Waals surface area contributed by atoms with Crippen LogP contribution in [0.25, 0.3) is 0 Å². The Bertz CT molecular complexity index is 769. The summed E-state index contributed by atoms with van der Waals surface area (Å²) >= 11 is 1.61. The van der Waals surface area contributed by atoms with Gasteiger partial charge >= 0.3 is 5.97 Å². The van der Waals surface area contributed by atoms with Crippen LogP contribution in [-0.2, 0) is 22.5 Å². The molecule has 0 aliphatic carbocycles. The van der Waals surface area contributed by atoms with Gasteiger partial charge in [0.25, 0.3) is 0 Å². The summed E-state index contributed by atoms with van der Waals surface area (Å²) in [6.07, 6.45) is 4.05. The van der Waals surface area contributed by atoms with Gasteiger partial charge in [-0.2, -0.15) is 0 Å². The SMILES string of the molecule is COC(=O)c1cccc(NC(=O)Cc2csc(CN3CCCCC3)n2)c1. The number of carbonyl (C=O) groups is 2. The van der Waals surface area contributed by atoms with Crippen molar-refractivity contribution < 1.29 is 14.3 Å². The van der Waals surface area contributed by atoms with Crippen LogP contribution in [0.3, 0.4) is 0 Å². The van der Waals surface area contributed by atoms with E-state index in [1.807, 2.05) is 5.38 Å². The number of nitrogens with zero attached hydrogens (tertiary/aromatic N) is 2. The quantitative estimate of drug-likeness (QED) is 0.788. The molecule has 0 bridgehead atoms. The number of ether oxygens (including phenoxy) is 1. The highest BCUT2D eigenvalue weighted by Gasteiger charge is 2.14. The molecule has 26 heavy (non-hydrogen) atoms. The molecule has 1 fully saturated rings. The van der Waals surface area contributed by atoms with Crippen LogP contribution in [0.4, 0.5) is 5.69 Å². The van der Waals surface area contributed by atoms with Gasteiger partial charge in [-0.25, -0.2) is 9.78 Å². The number of nitrogens with one attached hydrogen (secondary N) is 1. The van der Waals surface area contributed by atoms with E-state index in [1.54, 1.807) is 35.6 Å². The van der Waals surface area contributed by atoms with Gasteiger partial charge in [0.05, 0.1) is 31.3 Å². The number of benzene rings is 1. The third-order valence-electron chi connectivity index (χ3n) is 4.32. The van der Waals surface area contributed by atoms with Crippen molar-refractivity contribution in [2.75, 3.05) is 25.5 Å². The van der Waals surface area contributed by atoms with E-state index < -0.39 is 5.97 Å². The fraction of sp³-hybridized carbons (Fsp3) is 0.421. The van der Waals surface area contributed by atoms with Gasteiger partial charge in [-0.05, 0) is 44.1 Å². The number of rotatable bonds is 6.